The number of halogens is 2. The first-order valence-corrected chi connectivity index (χ1v) is 12.3. The first-order valence-electron chi connectivity index (χ1n) is 10.1. The summed E-state index contributed by atoms with van der Waals surface area (Å²) in [5, 5.41) is 3.59. The Morgan fingerprint density at radius 3 is 2.31 bits per heavy atom. The number of amides is 1. The first-order chi connectivity index (χ1) is 15.3. The number of rotatable bonds is 9. The van der Waals surface area contributed by atoms with Crippen LogP contribution in [0.25, 0.3) is 0 Å². The lowest BCUT2D eigenvalue weighted by Crippen LogP contribution is -2.40. The number of carbonyl (C=O) groups is 1. The highest BCUT2D eigenvalue weighted by atomic mass is 35.5. The third-order valence-electron chi connectivity index (χ3n) is 4.92. The minimum absolute atomic E-state index is 0.0572. The van der Waals surface area contributed by atoms with Crippen molar-refractivity contribution in [3.8, 4) is 0 Å². The third-order valence-corrected chi connectivity index (χ3v) is 7.31. The molecule has 168 valence electrons. The van der Waals surface area contributed by atoms with Crippen LogP contribution in [0.2, 0.25) is 10.0 Å². The number of hydrogen-bond donors (Lipinski definition) is 1. The Hall–Kier alpha value is -2.38. The van der Waals surface area contributed by atoms with E-state index in [0.29, 0.717) is 28.6 Å². The molecule has 5 nitrogen and oxygen atoms in total. The van der Waals surface area contributed by atoms with Crippen LogP contribution in [-0.4, -0.2) is 31.7 Å². The molecule has 3 aromatic carbocycles. The largest absolute Gasteiger partial charge is 0.355 e. The fourth-order valence-corrected chi connectivity index (χ4v) is 4.97. The Labute approximate surface area is 199 Å². The topological polar surface area (TPSA) is 66.5 Å². The van der Waals surface area contributed by atoms with Gasteiger partial charge in [-0.25, -0.2) is 8.42 Å². The smallest absolute Gasteiger partial charge is 0.243 e. The number of hydrogen-bond acceptors (Lipinski definition) is 3. The number of aryl methyl sites for hydroxylation is 1. The predicted octanol–water partition coefficient (Wildman–Crippen LogP) is 4.85. The molecule has 0 aliphatic rings. The zero-order chi connectivity index (χ0) is 23.1. The maximum Gasteiger partial charge on any atom is 0.243 e. The van der Waals surface area contributed by atoms with Crippen LogP contribution in [0, 0.1) is 6.92 Å². The molecule has 0 radical (unpaired) electrons. The average molecular weight is 491 g/mol. The standard InChI is InChI=1S/C24H24Cl2N2O3S/c1-18-7-11-22(12-8-18)32(30,31)28(16-20-9-10-21(25)15-23(20)26)17-24(29)27-14-13-19-5-3-2-4-6-19/h2-12,15H,13-14,16-17H2,1H3,(H,27,29). The molecule has 1 amide bonds. The average Bonchev–Trinajstić information content (AvgIpc) is 2.76. The van der Waals surface area contributed by atoms with Crippen LogP contribution in [0.3, 0.4) is 0 Å². The molecule has 0 heterocycles. The molecule has 3 rings (SSSR count). The molecular formula is C24H24Cl2N2O3S. The van der Waals surface area contributed by atoms with Gasteiger partial charge in [-0.3, -0.25) is 4.79 Å². The van der Waals surface area contributed by atoms with Gasteiger partial charge in [0.15, 0.2) is 0 Å². The van der Waals surface area contributed by atoms with Gasteiger partial charge in [-0.2, -0.15) is 4.31 Å². The second kappa shape index (κ2) is 11.0. The molecule has 0 aliphatic carbocycles. The summed E-state index contributed by atoms with van der Waals surface area (Å²) in [6.07, 6.45) is 0.653. The molecule has 0 fully saturated rings. The van der Waals surface area contributed by atoms with E-state index in [-0.39, 0.29) is 23.9 Å². The van der Waals surface area contributed by atoms with Gasteiger partial charge in [-0.05, 0) is 48.7 Å². The van der Waals surface area contributed by atoms with E-state index in [2.05, 4.69) is 5.32 Å². The van der Waals surface area contributed by atoms with Crippen LogP contribution >= 0.6 is 23.2 Å². The van der Waals surface area contributed by atoms with Crippen molar-refractivity contribution < 1.29 is 13.2 Å². The zero-order valence-corrected chi connectivity index (χ0v) is 19.9. The van der Waals surface area contributed by atoms with Crippen LogP contribution < -0.4 is 5.32 Å². The van der Waals surface area contributed by atoms with Crippen LogP contribution in [0.5, 0.6) is 0 Å². The van der Waals surface area contributed by atoms with Crippen LogP contribution in [0.4, 0.5) is 0 Å². The molecule has 0 atom stereocenters. The fourth-order valence-electron chi connectivity index (χ4n) is 3.13. The summed E-state index contributed by atoms with van der Waals surface area (Å²) < 4.78 is 27.8. The summed E-state index contributed by atoms with van der Waals surface area (Å²) in [6, 6.07) is 21.1. The predicted molar refractivity (Wildman–Crippen MR) is 128 cm³/mol. The molecule has 8 heteroatoms. The van der Waals surface area contributed by atoms with Crippen molar-refractivity contribution in [2.45, 2.75) is 24.8 Å². The van der Waals surface area contributed by atoms with Crippen molar-refractivity contribution in [1.82, 2.24) is 9.62 Å². The van der Waals surface area contributed by atoms with Gasteiger partial charge in [0.2, 0.25) is 15.9 Å². The Balaban J connectivity index is 1.77. The quantitative estimate of drug-likeness (QED) is 0.465. The lowest BCUT2D eigenvalue weighted by atomic mass is 10.1. The van der Waals surface area contributed by atoms with Crippen molar-refractivity contribution in [2.24, 2.45) is 0 Å². The summed E-state index contributed by atoms with van der Waals surface area (Å²) in [4.78, 5) is 12.7. The van der Waals surface area contributed by atoms with Crippen molar-refractivity contribution in [1.29, 1.82) is 0 Å². The van der Waals surface area contributed by atoms with Crippen molar-refractivity contribution in [3.63, 3.8) is 0 Å². The molecule has 32 heavy (non-hydrogen) atoms. The van der Waals surface area contributed by atoms with E-state index < -0.39 is 10.0 Å². The molecular weight excluding hydrogens is 467 g/mol. The van der Waals surface area contributed by atoms with E-state index in [4.69, 9.17) is 23.2 Å². The van der Waals surface area contributed by atoms with E-state index >= 15 is 0 Å². The van der Waals surface area contributed by atoms with Crippen molar-refractivity contribution in [3.05, 3.63) is 99.5 Å². The number of sulfonamides is 1. The van der Waals surface area contributed by atoms with Crippen LogP contribution in [0.1, 0.15) is 16.7 Å². The lowest BCUT2D eigenvalue weighted by Gasteiger charge is -2.22. The first kappa shape index (κ1) is 24.3. The minimum atomic E-state index is -3.93. The van der Waals surface area contributed by atoms with Gasteiger partial charge in [-0.1, -0.05) is 77.3 Å². The van der Waals surface area contributed by atoms with E-state index in [9.17, 15) is 13.2 Å². The normalized spacial score (nSPS) is 11.5. The van der Waals surface area contributed by atoms with E-state index in [1.807, 2.05) is 37.3 Å². The Morgan fingerprint density at radius 1 is 0.969 bits per heavy atom. The molecule has 0 aliphatic heterocycles. The maximum absolute atomic E-state index is 13.3. The summed E-state index contributed by atoms with van der Waals surface area (Å²) in [5.74, 6) is -0.387. The van der Waals surface area contributed by atoms with E-state index in [1.165, 1.54) is 12.1 Å². The second-order valence-electron chi connectivity index (χ2n) is 7.41. The van der Waals surface area contributed by atoms with Crippen LogP contribution in [0.15, 0.2) is 77.7 Å². The maximum atomic E-state index is 13.3. The Bertz CT molecular complexity index is 1170. The highest BCUT2D eigenvalue weighted by Gasteiger charge is 2.27. The Morgan fingerprint density at radius 2 is 1.66 bits per heavy atom. The molecule has 0 unspecified atom stereocenters. The zero-order valence-electron chi connectivity index (χ0n) is 17.6. The molecule has 3 aromatic rings. The Kier molecular flexibility index (Phi) is 8.32. The fraction of sp³-hybridized carbons (Fsp3) is 0.208. The number of nitrogens with zero attached hydrogens (tertiary/aromatic N) is 1. The van der Waals surface area contributed by atoms with Crippen LogP contribution in [-0.2, 0) is 27.8 Å². The summed E-state index contributed by atoms with van der Waals surface area (Å²) in [5.41, 5.74) is 2.59. The second-order valence-corrected chi connectivity index (χ2v) is 10.2. The molecule has 0 saturated heterocycles. The highest BCUT2D eigenvalue weighted by Crippen LogP contribution is 2.25. The molecule has 1 N–H and O–H groups in total. The van der Waals surface area contributed by atoms with Gasteiger partial charge in [-0.15, -0.1) is 0 Å². The van der Waals surface area contributed by atoms with Gasteiger partial charge in [0.05, 0.1) is 11.4 Å². The minimum Gasteiger partial charge on any atom is -0.355 e. The summed E-state index contributed by atoms with van der Waals surface area (Å²) in [6.45, 7) is 1.90. The summed E-state index contributed by atoms with van der Waals surface area (Å²) >= 11 is 12.2. The number of benzene rings is 3. The number of nitrogens with one attached hydrogen (secondary N) is 1. The monoisotopic (exact) mass is 490 g/mol. The van der Waals surface area contributed by atoms with Crippen molar-refractivity contribution >= 4 is 39.1 Å². The highest BCUT2D eigenvalue weighted by molar-refractivity contribution is 7.89. The van der Waals surface area contributed by atoms with Gasteiger partial charge < -0.3 is 5.32 Å². The van der Waals surface area contributed by atoms with Gasteiger partial charge in [0, 0.05) is 23.1 Å². The molecule has 0 spiro atoms. The molecule has 0 saturated carbocycles. The van der Waals surface area contributed by atoms with E-state index in [1.54, 1.807) is 30.3 Å². The van der Waals surface area contributed by atoms with Gasteiger partial charge in [0.25, 0.3) is 0 Å². The summed E-state index contributed by atoms with van der Waals surface area (Å²) in [7, 11) is -3.93. The van der Waals surface area contributed by atoms with E-state index in [0.717, 1.165) is 15.4 Å². The number of carbonyl (C=O) groups excluding carboxylic acids is 1. The van der Waals surface area contributed by atoms with Gasteiger partial charge in [0.1, 0.15) is 0 Å². The van der Waals surface area contributed by atoms with Gasteiger partial charge >= 0.3 is 0 Å². The molecule has 0 aromatic heterocycles. The van der Waals surface area contributed by atoms with Crippen molar-refractivity contribution in [2.75, 3.05) is 13.1 Å². The molecule has 0 bridgehead atoms. The third kappa shape index (κ3) is 6.56. The lowest BCUT2D eigenvalue weighted by molar-refractivity contribution is -0.121. The SMILES string of the molecule is Cc1ccc(S(=O)(=O)N(CC(=O)NCCc2ccccc2)Cc2ccc(Cl)cc2Cl)cc1.